The molecule has 0 bridgehead atoms. The number of halogens is 1. The van der Waals surface area contributed by atoms with Gasteiger partial charge in [0.05, 0.1) is 0 Å². The van der Waals surface area contributed by atoms with Crippen molar-refractivity contribution in [2.45, 2.75) is 13.3 Å². The van der Waals surface area contributed by atoms with Gasteiger partial charge in [-0.3, -0.25) is 4.79 Å². The minimum Gasteiger partial charge on any atom is -0.318 e. The van der Waals surface area contributed by atoms with Gasteiger partial charge in [0, 0.05) is 19.3 Å². The molecule has 1 heterocycles. The molecule has 0 aliphatic heterocycles. The van der Waals surface area contributed by atoms with Gasteiger partial charge >= 0.3 is 0 Å². The van der Waals surface area contributed by atoms with Gasteiger partial charge in [0.2, 0.25) is 5.56 Å². The zero-order chi connectivity index (χ0) is 12.4. The van der Waals surface area contributed by atoms with Crippen molar-refractivity contribution in [1.82, 2.24) is 4.57 Å². The third kappa shape index (κ3) is 2.28. The van der Waals surface area contributed by atoms with Crippen molar-refractivity contribution in [1.29, 1.82) is 0 Å². The molecule has 2 nitrogen and oxygen atoms in total. The Kier molecular flexibility index (Phi) is 3.09. The summed E-state index contributed by atoms with van der Waals surface area (Å²) < 4.78 is 15.1. The lowest BCUT2D eigenvalue weighted by atomic mass is 10.0. The lowest BCUT2D eigenvalue weighted by molar-refractivity contribution is 0.612. The minimum atomic E-state index is -0.196. The van der Waals surface area contributed by atoms with Crippen LogP contribution in [0.15, 0.2) is 41.3 Å². The number of hydrogen-bond donors (Lipinski definition) is 0. The Bertz CT molecular complexity index is 601. The summed E-state index contributed by atoms with van der Waals surface area (Å²) in [5, 5.41) is 0. The predicted molar refractivity (Wildman–Crippen MR) is 66.5 cm³/mol. The normalized spacial score (nSPS) is 10.5. The first-order valence-corrected chi connectivity index (χ1v) is 5.57. The molecule has 0 atom stereocenters. The summed E-state index contributed by atoms with van der Waals surface area (Å²) in [4.78, 5) is 11.3. The molecule has 0 N–H and O–H groups in total. The van der Waals surface area contributed by atoms with Crippen LogP contribution >= 0.6 is 0 Å². The molecular weight excluding hydrogens is 217 g/mol. The highest BCUT2D eigenvalue weighted by Crippen LogP contribution is 2.21. The fourth-order valence-electron chi connectivity index (χ4n) is 1.78. The van der Waals surface area contributed by atoms with E-state index >= 15 is 0 Å². The standard InChI is InChI=1S/C14H14FNO/c1-3-10-4-5-11(8-13(10)15)12-6-7-14(17)16(2)9-12/h4-9H,3H2,1-2H3. The molecule has 0 saturated carbocycles. The van der Waals surface area contributed by atoms with E-state index in [4.69, 9.17) is 0 Å². The highest BCUT2D eigenvalue weighted by Gasteiger charge is 2.04. The first-order valence-electron chi connectivity index (χ1n) is 5.57. The van der Waals surface area contributed by atoms with Gasteiger partial charge in [-0.2, -0.15) is 0 Å². The fraction of sp³-hybridized carbons (Fsp3) is 0.214. The molecule has 0 radical (unpaired) electrons. The SMILES string of the molecule is CCc1ccc(-c2ccc(=O)n(C)c2)cc1F. The maximum atomic E-state index is 13.6. The summed E-state index contributed by atoms with van der Waals surface area (Å²) in [6.07, 6.45) is 2.39. The van der Waals surface area contributed by atoms with Crippen LogP contribution in [0.2, 0.25) is 0 Å². The highest BCUT2D eigenvalue weighted by molar-refractivity contribution is 5.62. The molecule has 0 aliphatic carbocycles. The second-order valence-corrected chi connectivity index (χ2v) is 4.03. The Balaban J connectivity index is 2.49. The highest BCUT2D eigenvalue weighted by atomic mass is 19.1. The van der Waals surface area contributed by atoms with Crippen molar-refractivity contribution < 1.29 is 4.39 Å². The molecule has 3 heteroatoms. The van der Waals surface area contributed by atoms with E-state index in [0.717, 1.165) is 11.1 Å². The number of aromatic nitrogens is 1. The number of aryl methyl sites for hydroxylation is 2. The van der Waals surface area contributed by atoms with Crippen LogP contribution in [0.25, 0.3) is 11.1 Å². The van der Waals surface area contributed by atoms with Crippen molar-refractivity contribution in [2.24, 2.45) is 7.05 Å². The molecule has 2 aromatic rings. The number of rotatable bonds is 2. The van der Waals surface area contributed by atoms with E-state index in [1.807, 2.05) is 13.0 Å². The van der Waals surface area contributed by atoms with Crippen LogP contribution in [0.1, 0.15) is 12.5 Å². The molecule has 2 rings (SSSR count). The first-order chi connectivity index (χ1) is 8.11. The molecule has 17 heavy (non-hydrogen) atoms. The van der Waals surface area contributed by atoms with Crippen LogP contribution in [0.5, 0.6) is 0 Å². The summed E-state index contributed by atoms with van der Waals surface area (Å²) in [7, 11) is 1.68. The second kappa shape index (κ2) is 4.53. The van der Waals surface area contributed by atoms with Crippen LogP contribution < -0.4 is 5.56 Å². The van der Waals surface area contributed by atoms with E-state index < -0.39 is 0 Å². The largest absolute Gasteiger partial charge is 0.318 e. The summed E-state index contributed by atoms with van der Waals surface area (Å²) in [6, 6.07) is 8.37. The third-order valence-corrected chi connectivity index (χ3v) is 2.85. The molecular formula is C14H14FNO. The van der Waals surface area contributed by atoms with Gasteiger partial charge in [-0.25, -0.2) is 4.39 Å². The smallest absolute Gasteiger partial charge is 0.250 e. The maximum Gasteiger partial charge on any atom is 0.250 e. The minimum absolute atomic E-state index is 0.0700. The zero-order valence-electron chi connectivity index (χ0n) is 9.90. The van der Waals surface area contributed by atoms with Gasteiger partial charge in [0.1, 0.15) is 5.82 Å². The predicted octanol–water partition coefficient (Wildman–Crippen LogP) is 2.75. The maximum absolute atomic E-state index is 13.6. The molecule has 0 spiro atoms. The van der Waals surface area contributed by atoms with Gasteiger partial charge < -0.3 is 4.57 Å². The van der Waals surface area contributed by atoms with Crippen molar-refractivity contribution >= 4 is 0 Å². The van der Waals surface area contributed by atoms with E-state index in [2.05, 4.69) is 0 Å². The van der Waals surface area contributed by atoms with Gasteiger partial charge in [0.15, 0.2) is 0 Å². The van der Waals surface area contributed by atoms with E-state index in [0.29, 0.717) is 12.0 Å². The number of hydrogen-bond acceptors (Lipinski definition) is 1. The molecule has 0 aliphatic rings. The Labute approximate surface area is 99.3 Å². The van der Waals surface area contributed by atoms with E-state index in [1.165, 1.54) is 16.7 Å². The van der Waals surface area contributed by atoms with Crippen LogP contribution in [-0.4, -0.2) is 4.57 Å². The van der Waals surface area contributed by atoms with E-state index in [9.17, 15) is 9.18 Å². The lowest BCUT2D eigenvalue weighted by Crippen LogP contribution is -2.13. The van der Waals surface area contributed by atoms with Crippen LogP contribution in [0.4, 0.5) is 4.39 Å². The average molecular weight is 231 g/mol. The summed E-state index contributed by atoms with van der Waals surface area (Å²) in [5.74, 6) is -0.196. The van der Waals surface area contributed by atoms with Gasteiger partial charge in [0.25, 0.3) is 0 Å². The van der Waals surface area contributed by atoms with Crippen LogP contribution in [0, 0.1) is 5.82 Å². The second-order valence-electron chi connectivity index (χ2n) is 4.03. The molecule has 1 aromatic heterocycles. The van der Waals surface area contributed by atoms with Crippen LogP contribution in [-0.2, 0) is 13.5 Å². The topological polar surface area (TPSA) is 22.0 Å². The molecule has 0 fully saturated rings. The molecule has 0 amide bonds. The molecule has 0 unspecified atom stereocenters. The summed E-state index contributed by atoms with van der Waals surface area (Å²) in [6.45, 7) is 1.92. The Morgan fingerprint density at radius 2 is 1.88 bits per heavy atom. The number of pyridine rings is 1. The van der Waals surface area contributed by atoms with Crippen molar-refractivity contribution in [3.8, 4) is 11.1 Å². The Morgan fingerprint density at radius 3 is 2.47 bits per heavy atom. The average Bonchev–Trinajstić information content (AvgIpc) is 2.32. The summed E-state index contributed by atoms with van der Waals surface area (Å²) >= 11 is 0. The zero-order valence-corrected chi connectivity index (χ0v) is 9.90. The van der Waals surface area contributed by atoms with Crippen molar-refractivity contribution in [3.63, 3.8) is 0 Å². The van der Waals surface area contributed by atoms with Crippen LogP contribution in [0.3, 0.4) is 0 Å². The van der Waals surface area contributed by atoms with Gasteiger partial charge in [-0.15, -0.1) is 0 Å². The molecule has 0 saturated heterocycles. The van der Waals surface area contributed by atoms with Gasteiger partial charge in [-0.05, 0) is 35.2 Å². The third-order valence-electron chi connectivity index (χ3n) is 2.85. The monoisotopic (exact) mass is 231 g/mol. The summed E-state index contributed by atoms with van der Waals surface area (Å²) in [5.41, 5.74) is 2.27. The van der Waals surface area contributed by atoms with Crippen molar-refractivity contribution in [2.75, 3.05) is 0 Å². The molecule has 1 aromatic carbocycles. The first kappa shape index (κ1) is 11.6. The molecule has 88 valence electrons. The Hall–Kier alpha value is -1.90. The number of benzene rings is 1. The Morgan fingerprint density at radius 1 is 1.18 bits per heavy atom. The van der Waals surface area contributed by atoms with E-state index in [-0.39, 0.29) is 11.4 Å². The fourth-order valence-corrected chi connectivity index (χ4v) is 1.78. The quantitative estimate of drug-likeness (QED) is 0.779. The lowest BCUT2D eigenvalue weighted by Gasteiger charge is -2.06. The van der Waals surface area contributed by atoms with Crippen molar-refractivity contribution in [3.05, 3.63) is 58.3 Å². The van der Waals surface area contributed by atoms with E-state index in [1.54, 1.807) is 25.4 Å². The number of nitrogens with zero attached hydrogens (tertiary/aromatic N) is 1. The van der Waals surface area contributed by atoms with Gasteiger partial charge in [-0.1, -0.05) is 19.1 Å².